The maximum Gasteiger partial charge on any atom is 0.247 e. The van der Waals surface area contributed by atoms with Crippen molar-refractivity contribution in [1.29, 1.82) is 0 Å². The van der Waals surface area contributed by atoms with Gasteiger partial charge in [-0.3, -0.25) is 9.48 Å². The van der Waals surface area contributed by atoms with Crippen molar-refractivity contribution in [3.05, 3.63) is 60.5 Å². The lowest BCUT2D eigenvalue weighted by atomic mass is 10.3. The lowest BCUT2D eigenvalue weighted by Crippen LogP contribution is -2.07. The Balaban J connectivity index is 1.67. The number of halogens is 1. The highest BCUT2D eigenvalue weighted by molar-refractivity contribution is 6.35. The highest BCUT2D eigenvalue weighted by atomic mass is 35.5. The van der Waals surface area contributed by atoms with Crippen molar-refractivity contribution in [2.75, 3.05) is 10.6 Å². The topological polar surface area (TPSA) is 110 Å². The van der Waals surface area contributed by atoms with Crippen molar-refractivity contribution in [2.45, 2.75) is 13.5 Å². The summed E-state index contributed by atoms with van der Waals surface area (Å²) in [5.74, 6) is 0.745. The van der Waals surface area contributed by atoms with E-state index in [1.54, 1.807) is 41.3 Å². The largest absolute Gasteiger partial charge is 0.438 e. The third-order valence-electron chi connectivity index (χ3n) is 4.17. The molecule has 0 atom stereocenters. The third kappa shape index (κ3) is 4.11. The molecule has 0 aliphatic rings. The van der Waals surface area contributed by atoms with Crippen LogP contribution in [0, 0.1) is 0 Å². The third-order valence-corrected chi connectivity index (χ3v) is 4.46. The molecule has 1 amide bonds. The summed E-state index contributed by atoms with van der Waals surface area (Å²) in [6.07, 6.45) is 6.35. The Hall–Kier alpha value is -3.85. The zero-order valence-electron chi connectivity index (χ0n) is 16.0. The van der Waals surface area contributed by atoms with E-state index in [0.717, 1.165) is 12.2 Å². The van der Waals surface area contributed by atoms with E-state index in [4.69, 9.17) is 16.3 Å². The number of nitrogens with one attached hydrogen (secondary N) is 3. The SMILES string of the molecule is C=CC(=O)Nc1cccc(Oc2nc(Nc3cnn(CC)c3)nc3[nH]cc(Cl)c23)c1. The number of amides is 1. The number of benzene rings is 1. The standard InChI is InChI=1S/C20H18ClN7O2/c1-3-16(29)24-12-6-5-7-14(8-12)30-19-17-15(21)10-22-18(17)26-20(27-19)25-13-9-23-28(4-2)11-13/h3,5-11H,1,4H2,2H3,(H,24,29)(H2,22,25,26,27). The predicted octanol–water partition coefficient (Wildman–Crippen LogP) is 4.49. The monoisotopic (exact) mass is 423 g/mol. The first-order valence-electron chi connectivity index (χ1n) is 9.11. The Morgan fingerprint density at radius 1 is 1.37 bits per heavy atom. The molecule has 0 aliphatic carbocycles. The van der Waals surface area contributed by atoms with Gasteiger partial charge in [-0.2, -0.15) is 15.1 Å². The maximum absolute atomic E-state index is 11.6. The van der Waals surface area contributed by atoms with E-state index in [1.807, 2.05) is 13.1 Å². The predicted molar refractivity (Wildman–Crippen MR) is 115 cm³/mol. The average Bonchev–Trinajstić information content (AvgIpc) is 3.34. The molecule has 9 nitrogen and oxygen atoms in total. The van der Waals surface area contributed by atoms with Gasteiger partial charge in [0, 0.05) is 30.7 Å². The Morgan fingerprint density at radius 3 is 3.00 bits per heavy atom. The smallest absolute Gasteiger partial charge is 0.247 e. The normalized spacial score (nSPS) is 10.7. The number of H-pyrrole nitrogens is 1. The molecular weight excluding hydrogens is 406 g/mol. The van der Waals surface area contributed by atoms with E-state index in [-0.39, 0.29) is 11.8 Å². The van der Waals surface area contributed by atoms with Crippen LogP contribution in [-0.2, 0) is 11.3 Å². The Bertz CT molecular complexity index is 1230. The lowest BCUT2D eigenvalue weighted by molar-refractivity contribution is -0.111. The van der Waals surface area contributed by atoms with Gasteiger partial charge in [-0.25, -0.2) is 0 Å². The molecule has 0 saturated carbocycles. The number of carbonyl (C=O) groups is 1. The zero-order valence-corrected chi connectivity index (χ0v) is 16.8. The van der Waals surface area contributed by atoms with Crippen LogP contribution in [0.1, 0.15) is 6.92 Å². The molecular formula is C20H18ClN7O2. The summed E-state index contributed by atoms with van der Waals surface area (Å²) in [4.78, 5) is 23.5. The summed E-state index contributed by atoms with van der Waals surface area (Å²) in [6.45, 7) is 6.19. The molecule has 10 heteroatoms. The van der Waals surface area contributed by atoms with Gasteiger partial charge in [0.1, 0.15) is 16.8 Å². The summed E-state index contributed by atoms with van der Waals surface area (Å²) in [7, 11) is 0. The van der Waals surface area contributed by atoms with E-state index in [9.17, 15) is 4.79 Å². The molecule has 152 valence electrons. The number of fused-ring (bicyclic) bond motifs is 1. The number of aromatic amines is 1. The molecule has 30 heavy (non-hydrogen) atoms. The second-order valence-corrected chi connectivity index (χ2v) is 6.65. The zero-order chi connectivity index (χ0) is 21.1. The number of aromatic nitrogens is 5. The summed E-state index contributed by atoms with van der Waals surface area (Å²) in [5, 5.41) is 11.0. The van der Waals surface area contributed by atoms with E-state index in [2.05, 4.69) is 37.3 Å². The van der Waals surface area contributed by atoms with Gasteiger partial charge in [0.15, 0.2) is 0 Å². The number of anilines is 3. The molecule has 0 saturated heterocycles. The molecule has 4 rings (SSSR count). The van der Waals surface area contributed by atoms with Crippen LogP contribution in [-0.4, -0.2) is 30.6 Å². The number of hydrogen-bond donors (Lipinski definition) is 3. The van der Waals surface area contributed by atoms with E-state index >= 15 is 0 Å². The maximum atomic E-state index is 11.6. The van der Waals surface area contributed by atoms with Crippen LogP contribution in [0.4, 0.5) is 17.3 Å². The number of rotatable bonds is 7. The fourth-order valence-electron chi connectivity index (χ4n) is 2.77. The number of ether oxygens (including phenoxy) is 1. The van der Waals surface area contributed by atoms with Gasteiger partial charge in [-0.15, -0.1) is 0 Å². The van der Waals surface area contributed by atoms with Crippen LogP contribution < -0.4 is 15.4 Å². The van der Waals surface area contributed by atoms with Crippen molar-refractivity contribution in [3.8, 4) is 11.6 Å². The molecule has 0 aliphatic heterocycles. The van der Waals surface area contributed by atoms with Gasteiger partial charge in [-0.05, 0) is 25.1 Å². The van der Waals surface area contributed by atoms with Crippen molar-refractivity contribution in [2.24, 2.45) is 0 Å². The quantitative estimate of drug-likeness (QED) is 0.378. The number of hydrogen-bond acceptors (Lipinski definition) is 6. The summed E-state index contributed by atoms with van der Waals surface area (Å²) < 4.78 is 7.78. The first-order chi connectivity index (χ1) is 14.6. The van der Waals surface area contributed by atoms with Crippen LogP contribution >= 0.6 is 11.6 Å². The molecule has 0 bridgehead atoms. The van der Waals surface area contributed by atoms with Gasteiger partial charge < -0.3 is 20.4 Å². The minimum atomic E-state index is -0.315. The first kappa shape index (κ1) is 19.5. The van der Waals surface area contributed by atoms with Crippen molar-refractivity contribution in [3.63, 3.8) is 0 Å². The summed E-state index contributed by atoms with van der Waals surface area (Å²) >= 11 is 6.30. The van der Waals surface area contributed by atoms with Gasteiger partial charge in [0.25, 0.3) is 0 Å². The minimum absolute atomic E-state index is 0.267. The molecule has 0 unspecified atom stereocenters. The molecule has 0 radical (unpaired) electrons. The fourth-order valence-corrected chi connectivity index (χ4v) is 2.99. The Morgan fingerprint density at radius 2 is 2.23 bits per heavy atom. The van der Waals surface area contributed by atoms with Crippen LogP contribution in [0.25, 0.3) is 11.0 Å². The van der Waals surface area contributed by atoms with Crippen LogP contribution in [0.15, 0.2) is 55.5 Å². The molecule has 1 aromatic carbocycles. The number of carbonyl (C=O) groups excluding carboxylic acids is 1. The van der Waals surface area contributed by atoms with Crippen molar-refractivity contribution < 1.29 is 9.53 Å². The average molecular weight is 424 g/mol. The van der Waals surface area contributed by atoms with Gasteiger partial charge in [0.05, 0.1) is 16.9 Å². The molecule has 3 heterocycles. The second kappa shape index (κ2) is 8.26. The van der Waals surface area contributed by atoms with Crippen LogP contribution in [0.3, 0.4) is 0 Å². The molecule has 4 aromatic rings. The summed E-state index contributed by atoms with van der Waals surface area (Å²) in [5.41, 5.74) is 1.83. The molecule has 3 aromatic heterocycles. The number of nitrogens with zero attached hydrogens (tertiary/aromatic N) is 4. The number of aryl methyl sites for hydroxylation is 1. The highest BCUT2D eigenvalue weighted by Crippen LogP contribution is 2.34. The fraction of sp³-hybridized carbons (Fsp3) is 0.100. The van der Waals surface area contributed by atoms with E-state index in [1.165, 1.54) is 6.08 Å². The van der Waals surface area contributed by atoms with Crippen LogP contribution in [0.5, 0.6) is 11.6 Å². The minimum Gasteiger partial charge on any atom is -0.438 e. The van der Waals surface area contributed by atoms with Crippen molar-refractivity contribution >= 4 is 45.9 Å². The second-order valence-electron chi connectivity index (χ2n) is 6.25. The molecule has 3 N–H and O–H groups in total. The summed E-state index contributed by atoms with van der Waals surface area (Å²) in [6, 6.07) is 6.92. The van der Waals surface area contributed by atoms with E-state index < -0.39 is 0 Å². The van der Waals surface area contributed by atoms with Gasteiger partial charge >= 0.3 is 0 Å². The highest BCUT2D eigenvalue weighted by Gasteiger charge is 2.16. The molecule has 0 fully saturated rings. The molecule has 0 spiro atoms. The van der Waals surface area contributed by atoms with Crippen molar-refractivity contribution in [1.82, 2.24) is 24.7 Å². The Labute approximate surface area is 176 Å². The first-order valence-corrected chi connectivity index (χ1v) is 9.49. The van der Waals surface area contributed by atoms with E-state index in [0.29, 0.717) is 33.4 Å². The van der Waals surface area contributed by atoms with Crippen LogP contribution in [0.2, 0.25) is 5.02 Å². The van der Waals surface area contributed by atoms with Gasteiger partial charge in [-0.1, -0.05) is 24.2 Å². The lowest BCUT2D eigenvalue weighted by Gasteiger charge is -2.10. The Kier molecular flexibility index (Phi) is 5.36. The van der Waals surface area contributed by atoms with Gasteiger partial charge in [0.2, 0.25) is 17.7 Å².